The van der Waals surface area contributed by atoms with Gasteiger partial charge in [-0.1, -0.05) is 36.0 Å². The van der Waals surface area contributed by atoms with Crippen molar-refractivity contribution in [2.75, 3.05) is 11.9 Å². The molecule has 0 aromatic heterocycles. The molecule has 4 rings (SSSR count). The van der Waals surface area contributed by atoms with Gasteiger partial charge in [0.05, 0.1) is 0 Å². The van der Waals surface area contributed by atoms with E-state index in [1.807, 2.05) is 0 Å². The second kappa shape index (κ2) is 8.76. The van der Waals surface area contributed by atoms with Crippen LogP contribution in [0.5, 0.6) is 0 Å². The van der Waals surface area contributed by atoms with E-state index in [4.69, 9.17) is 23.2 Å². The smallest absolute Gasteiger partial charge is 0.255 e. The van der Waals surface area contributed by atoms with Crippen molar-refractivity contribution in [1.29, 1.82) is 0 Å². The molecule has 6 heteroatoms. The van der Waals surface area contributed by atoms with Gasteiger partial charge < -0.3 is 10.2 Å². The van der Waals surface area contributed by atoms with Crippen LogP contribution < -0.4 is 5.32 Å². The van der Waals surface area contributed by atoms with Crippen LogP contribution in [0.3, 0.4) is 0 Å². The lowest BCUT2D eigenvalue weighted by Gasteiger charge is -2.44. The fourth-order valence-corrected chi connectivity index (χ4v) is 5.15. The van der Waals surface area contributed by atoms with Crippen molar-refractivity contribution < 1.29 is 9.59 Å². The Morgan fingerprint density at radius 3 is 2.24 bits per heavy atom. The molecular formula is C23H24Cl2N2O2. The summed E-state index contributed by atoms with van der Waals surface area (Å²) in [6.45, 7) is 0.841. The number of carbonyl (C=O) groups excluding carboxylic acids is 2. The number of hydrogen-bond donors (Lipinski definition) is 1. The Hall–Kier alpha value is -2.04. The molecule has 2 amide bonds. The zero-order valence-corrected chi connectivity index (χ0v) is 17.7. The molecule has 1 heterocycles. The minimum atomic E-state index is -0.297. The van der Waals surface area contributed by atoms with E-state index in [1.54, 1.807) is 42.5 Å². The molecule has 0 spiro atoms. The molecule has 2 fully saturated rings. The molecule has 1 saturated carbocycles. The first-order chi connectivity index (χ1) is 14.0. The van der Waals surface area contributed by atoms with Crippen LogP contribution in [-0.2, 0) is 0 Å². The fraction of sp³-hybridized carbons (Fsp3) is 0.391. The van der Waals surface area contributed by atoms with Gasteiger partial charge in [-0.2, -0.15) is 0 Å². The summed E-state index contributed by atoms with van der Waals surface area (Å²) in [4.78, 5) is 27.6. The van der Waals surface area contributed by atoms with Crippen LogP contribution >= 0.6 is 23.2 Å². The summed E-state index contributed by atoms with van der Waals surface area (Å²) in [6.07, 6.45) is 7.19. The molecule has 4 nitrogen and oxygen atoms in total. The third-order valence-electron chi connectivity index (χ3n) is 6.02. The van der Waals surface area contributed by atoms with Crippen molar-refractivity contribution in [3.63, 3.8) is 0 Å². The van der Waals surface area contributed by atoms with E-state index in [1.165, 1.54) is 25.7 Å². The first-order valence-corrected chi connectivity index (χ1v) is 11.0. The van der Waals surface area contributed by atoms with E-state index >= 15 is 0 Å². The summed E-state index contributed by atoms with van der Waals surface area (Å²) in [6, 6.07) is 12.2. The number of rotatable bonds is 3. The van der Waals surface area contributed by atoms with Crippen LogP contribution in [0.25, 0.3) is 0 Å². The summed E-state index contributed by atoms with van der Waals surface area (Å²) in [5.74, 6) is 0.459. The van der Waals surface area contributed by atoms with Gasteiger partial charge in [-0.3, -0.25) is 9.59 Å². The highest BCUT2D eigenvalue weighted by molar-refractivity contribution is 6.35. The number of nitrogens with one attached hydrogen (secondary N) is 1. The van der Waals surface area contributed by atoms with Gasteiger partial charge in [-0.25, -0.2) is 0 Å². The van der Waals surface area contributed by atoms with Gasteiger partial charge in [0.1, 0.15) is 0 Å². The summed E-state index contributed by atoms with van der Waals surface area (Å²) in [7, 11) is 0. The Balaban J connectivity index is 1.44. The minimum absolute atomic E-state index is 0.0982. The quantitative estimate of drug-likeness (QED) is 0.644. The Morgan fingerprint density at radius 2 is 1.52 bits per heavy atom. The van der Waals surface area contributed by atoms with E-state index in [-0.39, 0.29) is 11.8 Å². The summed E-state index contributed by atoms with van der Waals surface area (Å²) in [5.41, 5.74) is 1.68. The third-order valence-corrected chi connectivity index (χ3v) is 6.45. The third kappa shape index (κ3) is 4.59. The van der Waals surface area contributed by atoms with Crippen molar-refractivity contribution in [2.24, 2.45) is 5.92 Å². The Bertz CT molecular complexity index is 891. The van der Waals surface area contributed by atoms with Gasteiger partial charge in [0.25, 0.3) is 11.8 Å². The van der Waals surface area contributed by atoms with Gasteiger partial charge in [0, 0.05) is 39.4 Å². The second-order valence-electron chi connectivity index (χ2n) is 7.94. The molecule has 152 valence electrons. The zero-order valence-electron chi connectivity index (χ0n) is 16.2. The van der Waals surface area contributed by atoms with Gasteiger partial charge in [-0.15, -0.1) is 0 Å². The monoisotopic (exact) mass is 430 g/mol. The van der Waals surface area contributed by atoms with Crippen molar-refractivity contribution in [3.8, 4) is 0 Å². The van der Waals surface area contributed by atoms with Gasteiger partial charge in [0.15, 0.2) is 0 Å². The maximum Gasteiger partial charge on any atom is 0.255 e. The largest absolute Gasteiger partial charge is 0.335 e. The van der Waals surface area contributed by atoms with Crippen molar-refractivity contribution in [3.05, 3.63) is 63.6 Å². The van der Waals surface area contributed by atoms with Gasteiger partial charge in [0.2, 0.25) is 0 Å². The van der Waals surface area contributed by atoms with Crippen LogP contribution in [0.15, 0.2) is 42.5 Å². The fourth-order valence-electron chi connectivity index (χ4n) is 4.63. The average Bonchev–Trinajstić information content (AvgIpc) is 2.72. The highest BCUT2D eigenvalue weighted by atomic mass is 35.5. The van der Waals surface area contributed by atoms with E-state index < -0.39 is 0 Å². The molecule has 2 atom stereocenters. The number of fused-ring (bicyclic) bond motifs is 1. The minimum Gasteiger partial charge on any atom is -0.335 e. The topological polar surface area (TPSA) is 49.4 Å². The lowest BCUT2D eigenvalue weighted by molar-refractivity contribution is 0.0390. The summed E-state index contributed by atoms with van der Waals surface area (Å²) < 4.78 is 0. The normalized spacial score (nSPS) is 21.4. The van der Waals surface area contributed by atoms with E-state index in [2.05, 4.69) is 10.2 Å². The lowest BCUT2D eigenvalue weighted by atomic mass is 9.78. The molecule has 1 aliphatic heterocycles. The highest BCUT2D eigenvalue weighted by Crippen LogP contribution is 2.36. The number of nitrogens with zero attached hydrogens (tertiary/aromatic N) is 1. The molecule has 1 saturated heterocycles. The number of anilines is 1. The van der Waals surface area contributed by atoms with Crippen LogP contribution in [0.2, 0.25) is 10.0 Å². The molecule has 0 unspecified atom stereocenters. The zero-order chi connectivity index (χ0) is 20.4. The summed E-state index contributed by atoms with van der Waals surface area (Å²) in [5, 5.41) is 3.64. The number of hydrogen-bond acceptors (Lipinski definition) is 2. The molecule has 2 aliphatic rings. The first-order valence-electron chi connectivity index (χ1n) is 10.2. The standard InChI is InChI=1S/C23H24Cl2N2O2/c24-18-12-17(13-19(25)14-18)22(28)26-20-9-7-16(8-10-20)23(29)27-11-3-5-15-4-1-2-6-21(15)27/h7-10,12-15,21H,1-6,11H2,(H,26,28)/t15-,21-/m0/s1. The number of halogens is 2. The van der Waals surface area contributed by atoms with Gasteiger partial charge in [-0.05, 0) is 74.1 Å². The Kier molecular flexibility index (Phi) is 6.12. The molecule has 2 aromatic rings. The highest BCUT2D eigenvalue weighted by Gasteiger charge is 2.35. The summed E-state index contributed by atoms with van der Waals surface area (Å²) >= 11 is 11.9. The number of benzene rings is 2. The Labute approximate surface area is 181 Å². The van der Waals surface area contributed by atoms with Crippen LogP contribution in [0.1, 0.15) is 59.2 Å². The molecule has 2 aromatic carbocycles. The SMILES string of the molecule is O=C(Nc1ccc(C(=O)N2CCC[C@@H]3CCCC[C@@H]32)cc1)c1cc(Cl)cc(Cl)c1. The lowest BCUT2D eigenvalue weighted by Crippen LogP contribution is -2.49. The van der Waals surface area contributed by atoms with Crippen molar-refractivity contribution in [2.45, 2.75) is 44.6 Å². The number of piperidine rings is 1. The van der Waals surface area contributed by atoms with Crippen LogP contribution in [0, 0.1) is 5.92 Å². The molecule has 0 bridgehead atoms. The predicted molar refractivity (Wildman–Crippen MR) is 117 cm³/mol. The Morgan fingerprint density at radius 1 is 0.862 bits per heavy atom. The molecule has 1 N–H and O–H groups in total. The first kappa shape index (κ1) is 20.2. The molecule has 1 aliphatic carbocycles. The second-order valence-corrected chi connectivity index (χ2v) is 8.82. The van der Waals surface area contributed by atoms with Crippen molar-refractivity contribution >= 4 is 40.7 Å². The predicted octanol–water partition coefficient (Wildman–Crippen LogP) is 6.04. The maximum absolute atomic E-state index is 13.1. The molecule has 0 radical (unpaired) electrons. The number of amides is 2. The molecular weight excluding hydrogens is 407 g/mol. The number of carbonyl (C=O) groups is 2. The molecule has 29 heavy (non-hydrogen) atoms. The average molecular weight is 431 g/mol. The van der Waals surface area contributed by atoms with Crippen LogP contribution in [-0.4, -0.2) is 29.3 Å². The van der Waals surface area contributed by atoms with Crippen LogP contribution in [0.4, 0.5) is 5.69 Å². The van der Waals surface area contributed by atoms with E-state index in [9.17, 15) is 9.59 Å². The van der Waals surface area contributed by atoms with E-state index in [0.29, 0.717) is 38.8 Å². The maximum atomic E-state index is 13.1. The van der Waals surface area contributed by atoms with Crippen molar-refractivity contribution in [1.82, 2.24) is 4.90 Å². The van der Waals surface area contributed by atoms with Gasteiger partial charge >= 0.3 is 0 Å². The number of likely N-dealkylation sites (tertiary alicyclic amines) is 1. The van der Waals surface area contributed by atoms with E-state index in [0.717, 1.165) is 19.4 Å².